The summed E-state index contributed by atoms with van der Waals surface area (Å²) >= 11 is 0. The second-order valence-electron chi connectivity index (χ2n) is 5.83. The van der Waals surface area contributed by atoms with Gasteiger partial charge in [0.15, 0.2) is 0 Å². The fourth-order valence-corrected chi connectivity index (χ4v) is 2.53. The van der Waals surface area contributed by atoms with Gasteiger partial charge in [-0.25, -0.2) is 0 Å². The van der Waals surface area contributed by atoms with Gasteiger partial charge in [-0.05, 0) is 56.0 Å². The van der Waals surface area contributed by atoms with Gasteiger partial charge in [0.2, 0.25) is 0 Å². The van der Waals surface area contributed by atoms with E-state index in [1.165, 1.54) is 0 Å². The third-order valence-electron chi connectivity index (χ3n) is 3.96. The van der Waals surface area contributed by atoms with Gasteiger partial charge in [-0.2, -0.15) is 0 Å². The Bertz CT molecular complexity index is 464. The van der Waals surface area contributed by atoms with Crippen LogP contribution in [0.15, 0.2) is 18.2 Å². The van der Waals surface area contributed by atoms with Crippen molar-refractivity contribution in [3.8, 4) is 0 Å². The van der Waals surface area contributed by atoms with Crippen LogP contribution in [0.25, 0.3) is 0 Å². The lowest BCUT2D eigenvalue weighted by atomic mass is 9.81. The fourth-order valence-electron chi connectivity index (χ4n) is 2.53. The van der Waals surface area contributed by atoms with Gasteiger partial charge in [0, 0.05) is 12.2 Å². The second kappa shape index (κ2) is 5.61. The maximum Gasteiger partial charge on any atom is 0.250 e. The van der Waals surface area contributed by atoms with E-state index < -0.39 is 0 Å². The molecular formula is C15H23N3O. The summed E-state index contributed by atoms with van der Waals surface area (Å²) in [6.07, 6.45) is 2.30. The molecule has 0 spiro atoms. The van der Waals surface area contributed by atoms with Gasteiger partial charge >= 0.3 is 0 Å². The largest absolute Gasteiger partial charge is 0.384 e. The van der Waals surface area contributed by atoms with Crippen LogP contribution in [0.3, 0.4) is 0 Å². The normalized spacial score (nSPS) is 18.0. The van der Waals surface area contributed by atoms with Gasteiger partial charge in [0.05, 0.1) is 5.56 Å². The smallest absolute Gasteiger partial charge is 0.250 e. The van der Waals surface area contributed by atoms with Crippen molar-refractivity contribution >= 4 is 11.6 Å². The Morgan fingerprint density at radius 1 is 1.42 bits per heavy atom. The maximum absolute atomic E-state index is 11.4. The van der Waals surface area contributed by atoms with Gasteiger partial charge in [0.25, 0.3) is 5.91 Å². The van der Waals surface area contributed by atoms with Crippen LogP contribution in [0.5, 0.6) is 0 Å². The van der Waals surface area contributed by atoms with Gasteiger partial charge in [-0.3, -0.25) is 4.79 Å². The average molecular weight is 261 g/mol. The van der Waals surface area contributed by atoms with Crippen molar-refractivity contribution in [2.75, 3.05) is 25.0 Å². The van der Waals surface area contributed by atoms with Crippen LogP contribution in [0.1, 0.15) is 35.7 Å². The first-order valence-electron chi connectivity index (χ1n) is 6.85. The number of hydrogen-bond acceptors (Lipinski definition) is 3. The van der Waals surface area contributed by atoms with Crippen LogP contribution in [0.4, 0.5) is 5.69 Å². The van der Waals surface area contributed by atoms with Crippen LogP contribution in [-0.2, 0) is 0 Å². The minimum atomic E-state index is -0.377. The third kappa shape index (κ3) is 3.47. The van der Waals surface area contributed by atoms with Crippen molar-refractivity contribution in [2.45, 2.75) is 26.7 Å². The molecule has 0 bridgehead atoms. The van der Waals surface area contributed by atoms with E-state index in [1.54, 1.807) is 6.07 Å². The molecule has 1 aromatic rings. The van der Waals surface area contributed by atoms with Crippen LogP contribution < -0.4 is 16.4 Å². The summed E-state index contributed by atoms with van der Waals surface area (Å²) in [5, 5.41) is 6.79. The molecular weight excluding hydrogens is 238 g/mol. The zero-order valence-corrected chi connectivity index (χ0v) is 11.8. The number of rotatable bonds is 4. The number of nitrogens with one attached hydrogen (secondary N) is 2. The molecule has 2 rings (SSSR count). The van der Waals surface area contributed by atoms with Crippen molar-refractivity contribution in [2.24, 2.45) is 11.1 Å². The standard InChI is InChI=1S/C15H23N3O/c1-11-3-4-12(14(16)19)13(9-11)18-10-15(2)5-7-17-8-6-15/h3-4,9,17-18H,5-8,10H2,1-2H3,(H2,16,19). The van der Waals surface area contributed by atoms with Gasteiger partial charge in [-0.1, -0.05) is 13.0 Å². The van der Waals surface area contributed by atoms with Crippen molar-refractivity contribution in [3.05, 3.63) is 29.3 Å². The van der Waals surface area contributed by atoms with Gasteiger partial charge in [0.1, 0.15) is 0 Å². The fraction of sp³-hybridized carbons (Fsp3) is 0.533. The Labute approximate surface area is 114 Å². The van der Waals surface area contributed by atoms with Gasteiger partial charge < -0.3 is 16.4 Å². The van der Waals surface area contributed by atoms with Crippen LogP contribution in [-0.4, -0.2) is 25.5 Å². The average Bonchev–Trinajstić information content (AvgIpc) is 2.37. The van der Waals surface area contributed by atoms with Crippen LogP contribution >= 0.6 is 0 Å². The predicted octanol–water partition coefficient (Wildman–Crippen LogP) is 1.90. The Morgan fingerprint density at radius 2 is 2.11 bits per heavy atom. The van der Waals surface area contributed by atoms with E-state index in [0.717, 1.165) is 43.7 Å². The van der Waals surface area contributed by atoms with Gasteiger partial charge in [-0.15, -0.1) is 0 Å². The second-order valence-corrected chi connectivity index (χ2v) is 5.83. The molecule has 4 N–H and O–H groups in total. The molecule has 104 valence electrons. The van der Waals surface area contributed by atoms with Crippen molar-refractivity contribution in [1.82, 2.24) is 5.32 Å². The summed E-state index contributed by atoms with van der Waals surface area (Å²) < 4.78 is 0. The molecule has 1 saturated heterocycles. The summed E-state index contributed by atoms with van der Waals surface area (Å²) in [4.78, 5) is 11.4. The number of primary amides is 1. The highest BCUT2D eigenvalue weighted by molar-refractivity contribution is 5.98. The molecule has 0 saturated carbocycles. The molecule has 0 radical (unpaired) electrons. The minimum absolute atomic E-state index is 0.282. The zero-order chi connectivity index (χ0) is 13.9. The summed E-state index contributed by atoms with van der Waals surface area (Å²) in [5.74, 6) is -0.377. The first kappa shape index (κ1) is 13.9. The summed E-state index contributed by atoms with van der Waals surface area (Å²) in [6, 6.07) is 5.70. The maximum atomic E-state index is 11.4. The molecule has 0 aliphatic carbocycles. The lowest BCUT2D eigenvalue weighted by molar-refractivity contribution is 0.100. The van der Waals surface area contributed by atoms with E-state index in [-0.39, 0.29) is 11.3 Å². The molecule has 1 amide bonds. The summed E-state index contributed by atoms with van der Waals surface area (Å²) in [7, 11) is 0. The molecule has 4 nitrogen and oxygen atoms in total. The lowest BCUT2D eigenvalue weighted by Gasteiger charge is -2.34. The zero-order valence-electron chi connectivity index (χ0n) is 11.8. The topological polar surface area (TPSA) is 67.2 Å². The Kier molecular flexibility index (Phi) is 4.10. The van der Waals surface area contributed by atoms with E-state index in [0.29, 0.717) is 5.56 Å². The number of piperidine rings is 1. The summed E-state index contributed by atoms with van der Waals surface area (Å²) in [5.41, 5.74) is 8.25. The molecule has 1 aliphatic rings. The number of benzene rings is 1. The monoisotopic (exact) mass is 261 g/mol. The summed E-state index contributed by atoms with van der Waals surface area (Å²) in [6.45, 7) is 7.31. The molecule has 1 aliphatic heterocycles. The Balaban J connectivity index is 2.10. The number of nitrogens with two attached hydrogens (primary N) is 1. The van der Waals surface area contributed by atoms with E-state index in [1.807, 2.05) is 19.1 Å². The quantitative estimate of drug-likeness (QED) is 0.775. The Hall–Kier alpha value is -1.55. The molecule has 0 unspecified atom stereocenters. The van der Waals surface area contributed by atoms with Crippen molar-refractivity contribution < 1.29 is 4.79 Å². The number of hydrogen-bond donors (Lipinski definition) is 3. The van der Waals surface area contributed by atoms with Crippen LogP contribution in [0.2, 0.25) is 0 Å². The number of anilines is 1. The van der Waals surface area contributed by atoms with E-state index in [9.17, 15) is 4.79 Å². The highest BCUT2D eigenvalue weighted by Crippen LogP contribution is 2.29. The van der Waals surface area contributed by atoms with Crippen molar-refractivity contribution in [3.63, 3.8) is 0 Å². The van der Waals surface area contributed by atoms with E-state index in [2.05, 4.69) is 17.6 Å². The van der Waals surface area contributed by atoms with E-state index in [4.69, 9.17) is 5.73 Å². The van der Waals surface area contributed by atoms with Crippen molar-refractivity contribution in [1.29, 1.82) is 0 Å². The molecule has 1 aromatic carbocycles. The highest BCUT2D eigenvalue weighted by Gasteiger charge is 2.26. The van der Waals surface area contributed by atoms with E-state index >= 15 is 0 Å². The molecule has 1 heterocycles. The molecule has 19 heavy (non-hydrogen) atoms. The molecule has 1 fully saturated rings. The highest BCUT2D eigenvalue weighted by atomic mass is 16.1. The SMILES string of the molecule is Cc1ccc(C(N)=O)c(NCC2(C)CCNCC2)c1. The predicted molar refractivity (Wildman–Crippen MR) is 78.4 cm³/mol. The Morgan fingerprint density at radius 3 is 2.74 bits per heavy atom. The lowest BCUT2D eigenvalue weighted by Crippen LogP contribution is -2.39. The molecule has 0 aromatic heterocycles. The number of carbonyl (C=O) groups is 1. The first-order chi connectivity index (χ1) is 9.00. The van der Waals surface area contributed by atoms with Crippen LogP contribution in [0, 0.1) is 12.3 Å². The minimum Gasteiger partial charge on any atom is -0.384 e. The number of amides is 1. The molecule has 0 atom stereocenters. The number of carbonyl (C=O) groups excluding carboxylic acids is 1. The first-order valence-corrected chi connectivity index (χ1v) is 6.85. The third-order valence-corrected chi connectivity index (χ3v) is 3.96. The molecule has 4 heteroatoms. The number of aryl methyl sites for hydroxylation is 1.